The smallest absolute Gasteiger partial charge is 0.000979 e. The Morgan fingerprint density at radius 3 is 2.38 bits per heavy atom. The van der Waals surface area contributed by atoms with Crippen LogP contribution in [0.5, 0.6) is 0 Å². The van der Waals surface area contributed by atoms with Gasteiger partial charge in [-0.1, -0.05) is 33.6 Å². The van der Waals surface area contributed by atoms with Gasteiger partial charge in [0.15, 0.2) is 0 Å². The second-order valence-electron chi connectivity index (χ2n) is 5.45. The summed E-state index contributed by atoms with van der Waals surface area (Å²) in [6, 6.07) is 0. The first kappa shape index (κ1) is 9.51. The minimum absolute atomic E-state index is 0.631. The molecule has 13 heavy (non-hydrogen) atoms. The lowest BCUT2D eigenvalue weighted by atomic mass is 9.94. The van der Waals surface area contributed by atoms with Crippen molar-refractivity contribution in [2.75, 3.05) is 13.1 Å². The van der Waals surface area contributed by atoms with Crippen LogP contribution in [0.4, 0.5) is 0 Å². The van der Waals surface area contributed by atoms with Gasteiger partial charge in [0.2, 0.25) is 0 Å². The second-order valence-corrected chi connectivity index (χ2v) is 5.45. The van der Waals surface area contributed by atoms with Gasteiger partial charge in [-0.15, -0.1) is 0 Å². The monoisotopic (exact) mass is 181 g/mol. The number of nitrogens with one attached hydrogen (secondary N) is 1. The van der Waals surface area contributed by atoms with E-state index in [0.717, 1.165) is 17.9 Å². The predicted molar refractivity (Wildman–Crippen MR) is 56.7 cm³/mol. The Morgan fingerprint density at radius 1 is 1.23 bits per heavy atom. The summed E-state index contributed by atoms with van der Waals surface area (Å²) in [6.45, 7) is 9.53. The number of hydrogen-bond acceptors (Lipinski definition) is 1. The van der Waals surface area contributed by atoms with E-state index in [-0.39, 0.29) is 0 Å². The van der Waals surface area contributed by atoms with Gasteiger partial charge < -0.3 is 5.32 Å². The lowest BCUT2D eigenvalue weighted by Crippen LogP contribution is -2.18. The largest absolute Gasteiger partial charge is 0.317 e. The van der Waals surface area contributed by atoms with Crippen LogP contribution >= 0.6 is 0 Å². The standard InChI is InChI=1S/C12H23N/c1-4-13-9-10-11(2,3)12(10)7-5-6-8-12/h10,13H,4-9H2,1-3H3. The van der Waals surface area contributed by atoms with Gasteiger partial charge in [-0.25, -0.2) is 0 Å². The van der Waals surface area contributed by atoms with Crippen molar-refractivity contribution in [2.24, 2.45) is 16.7 Å². The topological polar surface area (TPSA) is 12.0 Å². The SMILES string of the molecule is CCNCC1C(C)(C)C12CCCC2. The third-order valence-corrected chi connectivity index (χ3v) is 4.83. The quantitative estimate of drug-likeness (QED) is 0.706. The van der Waals surface area contributed by atoms with Crippen molar-refractivity contribution < 1.29 is 0 Å². The Kier molecular flexibility index (Phi) is 2.18. The molecule has 2 rings (SSSR count). The van der Waals surface area contributed by atoms with Crippen LogP contribution in [0.25, 0.3) is 0 Å². The van der Waals surface area contributed by atoms with Crippen LogP contribution in [0, 0.1) is 16.7 Å². The number of rotatable bonds is 3. The van der Waals surface area contributed by atoms with Gasteiger partial charge in [0.1, 0.15) is 0 Å². The number of hydrogen-bond donors (Lipinski definition) is 1. The van der Waals surface area contributed by atoms with Gasteiger partial charge in [0.05, 0.1) is 0 Å². The minimum atomic E-state index is 0.631. The molecule has 0 aromatic rings. The van der Waals surface area contributed by atoms with Gasteiger partial charge in [-0.05, 0) is 42.7 Å². The molecule has 2 aliphatic rings. The zero-order valence-electron chi connectivity index (χ0n) is 9.32. The lowest BCUT2D eigenvalue weighted by molar-refractivity contribution is 0.391. The second kappa shape index (κ2) is 2.98. The molecule has 0 amide bonds. The molecule has 1 heteroatoms. The molecule has 1 unspecified atom stereocenters. The van der Waals surface area contributed by atoms with E-state index in [2.05, 4.69) is 26.1 Å². The Balaban J connectivity index is 1.98. The van der Waals surface area contributed by atoms with E-state index >= 15 is 0 Å². The molecule has 1 spiro atoms. The summed E-state index contributed by atoms with van der Waals surface area (Å²) in [5, 5.41) is 3.52. The molecule has 0 saturated heterocycles. The highest BCUT2D eigenvalue weighted by atomic mass is 14.9. The molecule has 2 aliphatic carbocycles. The van der Waals surface area contributed by atoms with E-state index in [1.807, 2.05) is 0 Å². The van der Waals surface area contributed by atoms with Gasteiger partial charge in [0.25, 0.3) is 0 Å². The van der Waals surface area contributed by atoms with Gasteiger partial charge in [-0.2, -0.15) is 0 Å². The maximum atomic E-state index is 3.52. The van der Waals surface area contributed by atoms with E-state index in [9.17, 15) is 0 Å². The lowest BCUT2D eigenvalue weighted by Gasteiger charge is -2.10. The predicted octanol–water partition coefficient (Wildman–Crippen LogP) is 2.81. The van der Waals surface area contributed by atoms with Crippen LogP contribution in [0.3, 0.4) is 0 Å². The first-order chi connectivity index (χ1) is 6.15. The van der Waals surface area contributed by atoms with Gasteiger partial charge in [-0.3, -0.25) is 0 Å². The first-order valence-corrected chi connectivity index (χ1v) is 5.86. The van der Waals surface area contributed by atoms with Crippen molar-refractivity contribution in [1.29, 1.82) is 0 Å². The van der Waals surface area contributed by atoms with Crippen LogP contribution in [0.1, 0.15) is 46.5 Å². The first-order valence-electron chi connectivity index (χ1n) is 5.86. The van der Waals surface area contributed by atoms with Crippen LogP contribution in [0.15, 0.2) is 0 Å². The molecule has 2 fully saturated rings. The van der Waals surface area contributed by atoms with Crippen LogP contribution in [-0.2, 0) is 0 Å². The molecule has 1 nitrogen and oxygen atoms in total. The maximum absolute atomic E-state index is 3.52. The molecular weight excluding hydrogens is 158 g/mol. The molecule has 2 saturated carbocycles. The Bertz CT molecular complexity index is 189. The fourth-order valence-corrected chi connectivity index (χ4v) is 3.80. The summed E-state index contributed by atoms with van der Waals surface area (Å²) in [5.41, 5.74) is 1.38. The van der Waals surface area contributed by atoms with E-state index in [1.165, 1.54) is 32.2 Å². The Labute approximate surface area is 82.3 Å². The van der Waals surface area contributed by atoms with Crippen LogP contribution < -0.4 is 5.32 Å². The minimum Gasteiger partial charge on any atom is -0.317 e. The molecule has 1 N–H and O–H groups in total. The normalized spacial score (nSPS) is 33.9. The summed E-state index contributed by atoms with van der Waals surface area (Å²) < 4.78 is 0. The zero-order chi connectivity index (χ0) is 9.53. The van der Waals surface area contributed by atoms with Gasteiger partial charge >= 0.3 is 0 Å². The van der Waals surface area contributed by atoms with Crippen molar-refractivity contribution in [2.45, 2.75) is 46.5 Å². The van der Waals surface area contributed by atoms with Crippen molar-refractivity contribution in [3.8, 4) is 0 Å². The highest BCUT2D eigenvalue weighted by Gasteiger charge is 2.69. The molecule has 0 aromatic carbocycles. The van der Waals surface area contributed by atoms with Gasteiger partial charge in [0, 0.05) is 0 Å². The maximum Gasteiger partial charge on any atom is -0.000979 e. The molecule has 0 bridgehead atoms. The molecular formula is C12H23N. The van der Waals surface area contributed by atoms with Crippen molar-refractivity contribution in [3.63, 3.8) is 0 Å². The Hall–Kier alpha value is -0.0400. The molecule has 0 aliphatic heterocycles. The van der Waals surface area contributed by atoms with E-state index in [0.29, 0.717) is 5.41 Å². The average molecular weight is 181 g/mol. The van der Waals surface area contributed by atoms with Crippen molar-refractivity contribution in [1.82, 2.24) is 5.32 Å². The summed E-state index contributed by atoms with van der Waals surface area (Å²) >= 11 is 0. The Morgan fingerprint density at radius 2 is 1.85 bits per heavy atom. The molecule has 0 radical (unpaired) electrons. The van der Waals surface area contributed by atoms with E-state index in [1.54, 1.807) is 0 Å². The van der Waals surface area contributed by atoms with Crippen molar-refractivity contribution in [3.05, 3.63) is 0 Å². The molecule has 1 atom stereocenters. The summed E-state index contributed by atoms with van der Waals surface area (Å²) in [4.78, 5) is 0. The summed E-state index contributed by atoms with van der Waals surface area (Å²) in [7, 11) is 0. The van der Waals surface area contributed by atoms with E-state index in [4.69, 9.17) is 0 Å². The molecule has 0 heterocycles. The molecule has 76 valence electrons. The fraction of sp³-hybridized carbons (Fsp3) is 1.00. The highest BCUT2D eigenvalue weighted by molar-refractivity contribution is 5.18. The fourth-order valence-electron chi connectivity index (χ4n) is 3.80. The summed E-state index contributed by atoms with van der Waals surface area (Å²) in [5.74, 6) is 0.961. The third-order valence-electron chi connectivity index (χ3n) is 4.83. The molecule has 0 aromatic heterocycles. The van der Waals surface area contributed by atoms with Crippen LogP contribution in [0.2, 0.25) is 0 Å². The van der Waals surface area contributed by atoms with Crippen molar-refractivity contribution >= 4 is 0 Å². The zero-order valence-corrected chi connectivity index (χ0v) is 9.32. The van der Waals surface area contributed by atoms with Crippen LogP contribution in [-0.4, -0.2) is 13.1 Å². The van der Waals surface area contributed by atoms with E-state index < -0.39 is 0 Å². The third kappa shape index (κ3) is 1.16. The summed E-state index contributed by atoms with van der Waals surface area (Å²) in [6.07, 6.45) is 5.95. The average Bonchev–Trinajstić information content (AvgIpc) is 2.53. The highest BCUT2D eigenvalue weighted by Crippen LogP contribution is 2.75.